The summed E-state index contributed by atoms with van der Waals surface area (Å²) in [6.07, 6.45) is 2.81. The highest BCUT2D eigenvalue weighted by atomic mass is 35.5. The van der Waals surface area contributed by atoms with E-state index in [4.69, 9.17) is 16.0 Å². The van der Waals surface area contributed by atoms with Crippen LogP contribution >= 0.6 is 11.6 Å². The summed E-state index contributed by atoms with van der Waals surface area (Å²) in [5.41, 5.74) is -0.770. The lowest BCUT2D eigenvalue weighted by Gasteiger charge is -2.22. The Balaban J connectivity index is 2.51. The van der Waals surface area contributed by atoms with Crippen LogP contribution < -0.4 is 0 Å². The second kappa shape index (κ2) is 3.92. The van der Waals surface area contributed by atoms with E-state index < -0.39 is 11.4 Å². The van der Waals surface area contributed by atoms with Crippen LogP contribution in [-0.2, 0) is 5.60 Å². The third kappa shape index (κ3) is 1.84. The first-order chi connectivity index (χ1) is 7.51. The molecule has 0 saturated heterocycles. The lowest BCUT2D eigenvalue weighted by atomic mass is 9.90. The van der Waals surface area contributed by atoms with E-state index in [1.165, 1.54) is 37.6 Å². The van der Waals surface area contributed by atoms with E-state index in [0.717, 1.165) is 0 Å². The van der Waals surface area contributed by atoms with Gasteiger partial charge in [-0.25, -0.2) is 4.39 Å². The molecule has 2 aromatic rings. The van der Waals surface area contributed by atoms with Gasteiger partial charge >= 0.3 is 0 Å². The molecular weight excluding hydrogens is 231 g/mol. The zero-order valence-corrected chi connectivity index (χ0v) is 9.33. The monoisotopic (exact) mass is 240 g/mol. The van der Waals surface area contributed by atoms with E-state index in [9.17, 15) is 9.50 Å². The van der Waals surface area contributed by atoms with Crippen molar-refractivity contribution in [1.82, 2.24) is 0 Å². The van der Waals surface area contributed by atoms with Crippen LogP contribution in [-0.4, -0.2) is 5.11 Å². The maximum absolute atomic E-state index is 13.7. The van der Waals surface area contributed by atoms with Gasteiger partial charge in [-0.3, -0.25) is 0 Å². The van der Waals surface area contributed by atoms with E-state index in [1.807, 2.05) is 0 Å². The van der Waals surface area contributed by atoms with Crippen LogP contribution in [0.25, 0.3) is 0 Å². The highest BCUT2D eigenvalue weighted by Gasteiger charge is 2.29. The zero-order chi connectivity index (χ0) is 11.8. The summed E-state index contributed by atoms with van der Waals surface area (Å²) in [6.45, 7) is 1.50. The second-order valence-electron chi connectivity index (χ2n) is 3.71. The van der Waals surface area contributed by atoms with Crippen LogP contribution in [0.15, 0.2) is 41.2 Å². The topological polar surface area (TPSA) is 33.4 Å². The van der Waals surface area contributed by atoms with Gasteiger partial charge < -0.3 is 9.52 Å². The maximum Gasteiger partial charge on any atom is 0.131 e. The summed E-state index contributed by atoms with van der Waals surface area (Å²) >= 11 is 5.65. The standard InChI is InChI=1S/C12H10ClFO2/c1-12(15,8-4-5-16-7-8)10-3-2-9(13)6-11(10)14/h2-7,15H,1H3. The number of hydrogen-bond donors (Lipinski definition) is 1. The molecule has 0 aliphatic carbocycles. The van der Waals surface area contributed by atoms with Crippen molar-refractivity contribution in [2.75, 3.05) is 0 Å². The fourth-order valence-corrected chi connectivity index (χ4v) is 1.74. The van der Waals surface area contributed by atoms with Crippen LogP contribution in [0.2, 0.25) is 5.02 Å². The Bertz CT molecular complexity index is 492. The first kappa shape index (κ1) is 11.2. The third-order valence-corrected chi connectivity index (χ3v) is 2.77. The average molecular weight is 241 g/mol. The van der Waals surface area contributed by atoms with Crippen molar-refractivity contribution in [3.63, 3.8) is 0 Å². The van der Waals surface area contributed by atoms with Crippen LogP contribution in [0.4, 0.5) is 4.39 Å². The fraction of sp³-hybridized carbons (Fsp3) is 0.167. The first-order valence-electron chi connectivity index (χ1n) is 4.72. The van der Waals surface area contributed by atoms with Crippen LogP contribution in [0.3, 0.4) is 0 Å². The fourth-order valence-electron chi connectivity index (χ4n) is 1.58. The van der Waals surface area contributed by atoms with Crippen molar-refractivity contribution < 1.29 is 13.9 Å². The van der Waals surface area contributed by atoms with Gasteiger partial charge in [-0.2, -0.15) is 0 Å². The van der Waals surface area contributed by atoms with Gasteiger partial charge in [0, 0.05) is 16.1 Å². The number of furan rings is 1. The molecule has 1 unspecified atom stereocenters. The van der Waals surface area contributed by atoms with Gasteiger partial charge in [0.05, 0.1) is 12.5 Å². The van der Waals surface area contributed by atoms with Crippen molar-refractivity contribution >= 4 is 11.6 Å². The van der Waals surface area contributed by atoms with Crippen molar-refractivity contribution in [3.05, 3.63) is 58.8 Å². The quantitative estimate of drug-likeness (QED) is 0.874. The Hall–Kier alpha value is -1.32. The molecule has 1 N–H and O–H groups in total. The molecule has 1 heterocycles. The number of benzene rings is 1. The number of hydrogen-bond acceptors (Lipinski definition) is 2. The average Bonchev–Trinajstić information content (AvgIpc) is 2.69. The molecule has 0 radical (unpaired) electrons. The van der Waals surface area contributed by atoms with Crippen molar-refractivity contribution in [3.8, 4) is 0 Å². The molecule has 16 heavy (non-hydrogen) atoms. The number of halogens is 2. The zero-order valence-electron chi connectivity index (χ0n) is 8.58. The van der Waals surface area contributed by atoms with Crippen molar-refractivity contribution in [2.24, 2.45) is 0 Å². The molecule has 84 valence electrons. The SMILES string of the molecule is CC(O)(c1ccoc1)c1ccc(Cl)cc1F. The summed E-state index contributed by atoms with van der Waals surface area (Å²) in [6, 6.07) is 5.76. The molecule has 2 rings (SSSR count). The second-order valence-corrected chi connectivity index (χ2v) is 4.14. The molecule has 0 spiro atoms. The minimum atomic E-state index is -1.43. The predicted octanol–water partition coefficient (Wildman–Crippen LogP) is 3.33. The number of rotatable bonds is 2. The molecular formula is C12H10ClFO2. The van der Waals surface area contributed by atoms with Gasteiger partial charge in [0.15, 0.2) is 0 Å². The van der Waals surface area contributed by atoms with Crippen LogP contribution in [0, 0.1) is 5.82 Å². The summed E-state index contributed by atoms with van der Waals surface area (Å²) in [7, 11) is 0. The summed E-state index contributed by atoms with van der Waals surface area (Å²) < 4.78 is 18.5. The molecule has 0 aliphatic heterocycles. The lowest BCUT2D eigenvalue weighted by molar-refractivity contribution is 0.0972. The maximum atomic E-state index is 13.7. The normalized spacial score (nSPS) is 14.8. The van der Waals surface area contributed by atoms with Crippen molar-refractivity contribution in [1.29, 1.82) is 0 Å². The van der Waals surface area contributed by atoms with Crippen LogP contribution in [0.5, 0.6) is 0 Å². The summed E-state index contributed by atoms with van der Waals surface area (Å²) in [4.78, 5) is 0. The molecule has 0 bridgehead atoms. The molecule has 0 aliphatic rings. The Morgan fingerprint density at radius 3 is 2.69 bits per heavy atom. The van der Waals surface area contributed by atoms with Gasteiger partial charge in [-0.05, 0) is 25.1 Å². The minimum absolute atomic E-state index is 0.165. The number of aliphatic hydroxyl groups is 1. The van der Waals surface area contributed by atoms with E-state index >= 15 is 0 Å². The largest absolute Gasteiger partial charge is 0.472 e. The Morgan fingerprint density at radius 2 is 2.12 bits per heavy atom. The molecule has 1 atom stereocenters. The first-order valence-corrected chi connectivity index (χ1v) is 5.10. The van der Waals surface area contributed by atoms with E-state index in [0.29, 0.717) is 10.6 Å². The Kier molecular flexibility index (Phi) is 2.74. The van der Waals surface area contributed by atoms with Crippen molar-refractivity contribution in [2.45, 2.75) is 12.5 Å². The smallest absolute Gasteiger partial charge is 0.131 e. The summed E-state index contributed by atoms with van der Waals surface area (Å²) in [5, 5.41) is 10.6. The predicted molar refractivity (Wildman–Crippen MR) is 58.8 cm³/mol. The Labute approximate surface area is 97.3 Å². The van der Waals surface area contributed by atoms with Gasteiger partial charge in [0.2, 0.25) is 0 Å². The van der Waals surface area contributed by atoms with Crippen LogP contribution in [0.1, 0.15) is 18.1 Å². The molecule has 4 heteroatoms. The Morgan fingerprint density at radius 1 is 1.38 bits per heavy atom. The molecule has 1 aromatic carbocycles. The molecule has 0 saturated carbocycles. The van der Waals surface area contributed by atoms with Gasteiger partial charge in [0.1, 0.15) is 11.4 Å². The van der Waals surface area contributed by atoms with Gasteiger partial charge in [0.25, 0.3) is 0 Å². The highest BCUT2D eigenvalue weighted by molar-refractivity contribution is 6.30. The van der Waals surface area contributed by atoms with E-state index in [2.05, 4.69) is 0 Å². The van der Waals surface area contributed by atoms with E-state index in [1.54, 1.807) is 6.07 Å². The lowest BCUT2D eigenvalue weighted by Crippen LogP contribution is -2.23. The third-order valence-electron chi connectivity index (χ3n) is 2.54. The van der Waals surface area contributed by atoms with E-state index in [-0.39, 0.29) is 5.56 Å². The molecule has 2 nitrogen and oxygen atoms in total. The minimum Gasteiger partial charge on any atom is -0.472 e. The molecule has 0 fully saturated rings. The molecule has 1 aromatic heterocycles. The highest BCUT2D eigenvalue weighted by Crippen LogP contribution is 2.32. The van der Waals surface area contributed by atoms with Gasteiger partial charge in [-0.1, -0.05) is 17.7 Å². The van der Waals surface area contributed by atoms with Gasteiger partial charge in [-0.15, -0.1) is 0 Å². The summed E-state index contributed by atoms with van der Waals surface area (Å²) in [5.74, 6) is -0.543. The molecule has 0 amide bonds.